The molecule has 0 heterocycles. The third-order valence-corrected chi connectivity index (χ3v) is 3.61. The number of anilines is 1. The normalized spacial score (nSPS) is 10.2. The van der Waals surface area contributed by atoms with Gasteiger partial charge in [0.1, 0.15) is 5.75 Å². The van der Waals surface area contributed by atoms with Gasteiger partial charge in [-0.05, 0) is 35.4 Å². The average Bonchev–Trinajstić information content (AvgIpc) is 2.59. The number of hydrogen-bond donors (Lipinski definition) is 3. The highest BCUT2D eigenvalue weighted by Gasteiger charge is 2.05. The van der Waals surface area contributed by atoms with Crippen LogP contribution in [0.5, 0.6) is 5.75 Å². The molecule has 0 aliphatic rings. The van der Waals surface area contributed by atoms with Gasteiger partial charge in [-0.2, -0.15) is 0 Å². The maximum Gasteiger partial charge on any atom is 0.239 e. The van der Waals surface area contributed by atoms with E-state index in [1.807, 2.05) is 24.3 Å². The van der Waals surface area contributed by atoms with E-state index in [-0.39, 0.29) is 19.1 Å². The number of hydrogen-bond acceptors (Lipinski definition) is 4. The van der Waals surface area contributed by atoms with Crippen LogP contribution in [0.25, 0.3) is 0 Å². The lowest BCUT2D eigenvalue weighted by molar-refractivity contribution is -0.119. The number of methoxy groups -OCH3 is 1. The highest BCUT2D eigenvalue weighted by molar-refractivity contribution is 6.33. The van der Waals surface area contributed by atoms with E-state index in [9.17, 15) is 4.79 Å². The largest absolute Gasteiger partial charge is 0.497 e. The molecule has 0 saturated carbocycles. The van der Waals surface area contributed by atoms with Gasteiger partial charge in [-0.25, -0.2) is 0 Å². The highest BCUT2D eigenvalue weighted by Crippen LogP contribution is 2.22. The molecular weight excluding hydrogens is 316 g/mol. The Labute approximate surface area is 140 Å². The minimum absolute atomic E-state index is 0.0755. The molecular formula is C17H19ClN2O3. The molecule has 0 radical (unpaired) electrons. The summed E-state index contributed by atoms with van der Waals surface area (Å²) in [5.74, 6) is 0.598. The number of amides is 1. The monoisotopic (exact) mass is 334 g/mol. The predicted molar refractivity (Wildman–Crippen MR) is 90.7 cm³/mol. The van der Waals surface area contributed by atoms with Gasteiger partial charge in [-0.1, -0.05) is 29.8 Å². The maximum atomic E-state index is 11.9. The summed E-state index contributed by atoms with van der Waals surface area (Å²) in [6.45, 7) is 0.439. The Hall–Kier alpha value is -2.24. The number of rotatable bonds is 7. The molecule has 0 saturated heterocycles. The number of benzene rings is 2. The lowest BCUT2D eigenvalue weighted by Gasteiger charge is -2.11. The average molecular weight is 335 g/mol. The zero-order valence-corrected chi connectivity index (χ0v) is 13.6. The molecule has 0 aliphatic carbocycles. The van der Waals surface area contributed by atoms with Crippen molar-refractivity contribution in [2.45, 2.75) is 13.2 Å². The van der Waals surface area contributed by atoms with Gasteiger partial charge in [0.15, 0.2) is 0 Å². The van der Waals surface area contributed by atoms with E-state index in [0.717, 1.165) is 16.9 Å². The van der Waals surface area contributed by atoms with Gasteiger partial charge < -0.3 is 20.5 Å². The van der Waals surface area contributed by atoms with Crippen molar-refractivity contribution in [3.05, 3.63) is 58.6 Å². The number of ether oxygens (including phenoxy) is 1. The molecule has 2 aromatic carbocycles. The van der Waals surface area contributed by atoms with E-state index in [1.165, 1.54) is 0 Å². The minimum atomic E-state index is -0.154. The summed E-state index contributed by atoms with van der Waals surface area (Å²) in [5, 5.41) is 15.4. The Morgan fingerprint density at radius 1 is 1.22 bits per heavy atom. The third-order valence-electron chi connectivity index (χ3n) is 3.28. The van der Waals surface area contributed by atoms with Gasteiger partial charge in [-0.15, -0.1) is 0 Å². The molecule has 0 atom stereocenters. The van der Waals surface area contributed by atoms with Gasteiger partial charge in [0.25, 0.3) is 0 Å². The molecule has 0 fully saturated rings. The van der Waals surface area contributed by atoms with E-state index in [2.05, 4.69) is 10.6 Å². The van der Waals surface area contributed by atoms with Gasteiger partial charge in [-0.3, -0.25) is 4.79 Å². The van der Waals surface area contributed by atoms with Crippen LogP contribution in [0.1, 0.15) is 11.1 Å². The molecule has 0 unspecified atom stereocenters. The van der Waals surface area contributed by atoms with Crippen LogP contribution < -0.4 is 15.4 Å². The van der Waals surface area contributed by atoms with Crippen molar-refractivity contribution in [3.63, 3.8) is 0 Å². The van der Waals surface area contributed by atoms with E-state index < -0.39 is 0 Å². The summed E-state index contributed by atoms with van der Waals surface area (Å²) in [5.41, 5.74) is 2.31. The molecule has 122 valence electrons. The first-order chi connectivity index (χ1) is 11.1. The van der Waals surface area contributed by atoms with Crippen molar-refractivity contribution in [1.82, 2.24) is 5.32 Å². The summed E-state index contributed by atoms with van der Waals surface area (Å²) in [4.78, 5) is 11.9. The SMILES string of the molecule is COc1cccc(CNC(=O)CNc2cc(CO)ccc2Cl)c1. The zero-order chi connectivity index (χ0) is 16.7. The first-order valence-electron chi connectivity index (χ1n) is 7.15. The third kappa shape index (κ3) is 5.16. The van der Waals surface area contributed by atoms with Crippen molar-refractivity contribution in [2.24, 2.45) is 0 Å². The molecule has 5 nitrogen and oxygen atoms in total. The molecule has 0 spiro atoms. The highest BCUT2D eigenvalue weighted by atomic mass is 35.5. The summed E-state index contributed by atoms with van der Waals surface area (Å²) in [7, 11) is 1.60. The topological polar surface area (TPSA) is 70.6 Å². The Morgan fingerprint density at radius 3 is 2.78 bits per heavy atom. The fourth-order valence-corrected chi connectivity index (χ4v) is 2.21. The van der Waals surface area contributed by atoms with Gasteiger partial charge >= 0.3 is 0 Å². The van der Waals surface area contributed by atoms with Crippen molar-refractivity contribution < 1.29 is 14.6 Å². The van der Waals surface area contributed by atoms with Crippen LogP contribution in [-0.2, 0) is 17.9 Å². The van der Waals surface area contributed by atoms with Gasteiger partial charge in [0.2, 0.25) is 5.91 Å². The van der Waals surface area contributed by atoms with Crippen molar-refractivity contribution in [3.8, 4) is 5.75 Å². The molecule has 3 N–H and O–H groups in total. The Bertz CT molecular complexity index is 677. The zero-order valence-electron chi connectivity index (χ0n) is 12.8. The molecule has 0 bridgehead atoms. The number of carbonyl (C=O) groups excluding carboxylic acids is 1. The molecule has 6 heteroatoms. The van der Waals surface area contributed by atoms with Crippen LogP contribution in [0.15, 0.2) is 42.5 Å². The van der Waals surface area contributed by atoms with Crippen LogP contribution >= 0.6 is 11.6 Å². The molecule has 2 aromatic rings. The molecule has 23 heavy (non-hydrogen) atoms. The summed E-state index contributed by atoms with van der Waals surface area (Å²) >= 11 is 6.05. The van der Waals surface area contributed by atoms with Crippen molar-refractivity contribution >= 4 is 23.2 Å². The molecule has 1 amide bonds. The number of carbonyl (C=O) groups is 1. The van der Waals surface area contributed by atoms with Crippen LogP contribution in [0.3, 0.4) is 0 Å². The second kappa shape index (κ2) is 8.41. The van der Waals surface area contributed by atoms with E-state index in [4.69, 9.17) is 21.4 Å². The van der Waals surface area contributed by atoms with Crippen LogP contribution in [-0.4, -0.2) is 24.7 Å². The van der Waals surface area contributed by atoms with E-state index in [1.54, 1.807) is 25.3 Å². The predicted octanol–water partition coefficient (Wildman–Crippen LogP) is 2.57. The fourth-order valence-electron chi connectivity index (χ4n) is 2.03. The first kappa shape index (κ1) is 17.1. The lowest BCUT2D eigenvalue weighted by Crippen LogP contribution is -2.29. The number of nitrogens with one attached hydrogen (secondary N) is 2. The molecule has 0 aliphatic heterocycles. The number of aliphatic hydroxyl groups excluding tert-OH is 1. The van der Waals surface area contributed by atoms with Crippen LogP contribution in [0.2, 0.25) is 5.02 Å². The van der Waals surface area contributed by atoms with E-state index in [0.29, 0.717) is 17.3 Å². The number of halogens is 1. The molecule has 0 aromatic heterocycles. The second-order valence-electron chi connectivity index (χ2n) is 4.95. The van der Waals surface area contributed by atoms with Crippen LogP contribution in [0.4, 0.5) is 5.69 Å². The number of aliphatic hydroxyl groups is 1. The Balaban J connectivity index is 1.85. The fraction of sp³-hybridized carbons (Fsp3) is 0.235. The van der Waals surface area contributed by atoms with Crippen LogP contribution in [0, 0.1) is 0 Å². The van der Waals surface area contributed by atoms with Crippen molar-refractivity contribution in [1.29, 1.82) is 0 Å². The molecule has 2 rings (SSSR count). The Kier molecular flexibility index (Phi) is 6.26. The first-order valence-corrected chi connectivity index (χ1v) is 7.53. The minimum Gasteiger partial charge on any atom is -0.497 e. The lowest BCUT2D eigenvalue weighted by atomic mass is 10.2. The quantitative estimate of drug-likeness (QED) is 0.728. The second-order valence-corrected chi connectivity index (χ2v) is 5.36. The summed E-state index contributed by atoms with van der Waals surface area (Å²) in [6.07, 6.45) is 0. The van der Waals surface area contributed by atoms with Gasteiger partial charge in [0, 0.05) is 6.54 Å². The Morgan fingerprint density at radius 2 is 2.04 bits per heavy atom. The van der Waals surface area contributed by atoms with Gasteiger partial charge in [0.05, 0.1) is 31.0 Å². The maximum absolute atomic E-state index is 11.9. The standard InChI is InChI=1S/C17H19ClN2O3/c1-23-14-4-2-3-12(7-14)9-20-17(22)10-19-16-8-13(11-21)5-6-15(16)18/h2-8,19,21H,9-11H2,1H3,(H,20,22). The summed E-state index contributed by atoms with van der Waals surface area (Å²) in [6, 6.07) is 12.6. The smallest absolute Gasteiger partial charge is 0.239 e. The summed E-state index contributed by atoms with van der Waals surface area (Å²) < 4.78 is 5.14. The van der Waals surface area contributed by atoms with Crippen molar-refractivity contribution in [2.75, 3.05) is 19.0 Å². The van der Waals surface area contributed by atoms with E-state index >= 15 is 0 Å².